The Morgan fingerprint density at radius 2 is 0.810 bits per heavy atom. The highest BCUT2D eigenvalue weighted by atomic mass is 31.2. The van der Waals surface area contributed by atoms with Gasteiger partial charge in [-0.05, 0) is 36.4 Å². The first-order valence-corrected chi connectivity index (χ1v) is 9.02. The van der Waals surface area contributed by atoms with Crippen molar-refractivity contribution in [2.45, 2.75) is 0 Å². The molecule has 0 aliphatic carbocycles. The van der Waals surface area contributed by atoms with Gasteiger partial charge in [0.05, 0.1) is 15.9 Å². The van der Waals surface area contributed by atoms with E-state index < -0.39 is 7.05 Å². The second-order valence-electron chi connectivity index (χ2n) is 4.74. The van der Waals surface area contributed by atoms with Crippen molar-refractivity contribution in [2.75, 3.05) is 0 Å². The lowest BCUT2D eigenvalue weighted by Crippen LogP contribution is -2.26. The molecule has 1 nitrogen and oxygen atoms in total. The van der Waals surface area contributed by atoms with Gasteiger partial charge in [-0.1, -0.05) is 54.6 Å². The van der Waals surface area contributed by atoms with Gasteiger partial charge in [0.2, 0.25) is 0 Å². The lowest BCUT2D eigenvalue weighted by molar-refractivity contribution is 1.70. The van der Waals surface area contributed by atoms with Crippen molar-refractivity contribution < 1.29 is 0 Å². The Kier molecular flexibility index (Phi) is 4.18. The van der Waals surface area contributed by atoms with Crippen molar-refractivity contribution in [2.24, 2.45) is 0 Å². The molecule has 102 valence electrons. The summed E-state index contributed by atoms with van der Waals surface area (Å²) >= 11 is 0. The first kappa shape index (κ1) is 14.1. The molecule has 0 bridgehead atoms. The summed E-state index contributed by atoms with van der Waals surface area (Å²) in [7, 11) is 1.52. The van der Waals surface area contributed by atoms with Crippen LogP contribution in [0.1, 0.15) is 0 Å². The number of benzene rings is 3. The lowest BCUT2D eigenvalue weighted by Gasteiger charge is -2.14. The van der Waals surface area contributed by atoms with Crippen LogP contribution in [0.5, 0.6) is 0 Å². The van der Waals surface area contributed by atoms with Gasteiger partial charge in [-0.2, -0.15) is 0 Å². The molecule has 0 saturated carbocycles. The summed E-state index contributed by atoms with van der Waals surface area (Å²) in [5, 5.41) is 3.74. The van der Waals surface area contributed by atoms with Gasteiger partial charge in [-0.25, -0.2) is 0 Å². The standard InChI is InChI=1S/C18H16NP2/c20-19-21(16-10-4-1-5-11-16,17-12-6-2-7-13-17)18-14-8-3-9-15-18/h1-15,20H/q+1. The molecular formula is C18H16NP2+. The van der Waals surface area contributed by atoms with Gasteiger partial charge >= 0.3 is 16.1 Å². The van der Waals surface area contributed by atoms with E-state index >= 15 is 0 Å². The summed E-state index contributed by atoms with van der Waals surface area (Å²) in [6.45, 7) is 0. The quantitative estimate of drug-likeness (QED) is 0.519. The minimum Gasteiger partial charge on any atom is -0.112 e. The normalized spacial score (nSPS) is 10.9. The summed E-state index contributed by atoms with van der Waals surface area (Å²) in [6.07, 6.45) is 0. The summed E-state index contributed by atoms with van der Waals surface area (Å²) in [4.78, 5) is 0. The van der Waals surface area contributed by atoms with Crippen LogP contribution < -0.4 is 20.1 Å². The monoisotopic (exact) mass is 308 g/mol. The van der Waals surface area contributed by atoms with Crippen molar-refractivity contribution in [3.8, 4) is 0 Å². The molecule has 0 aliphatic rings. The fourth-order valence-corrected chi connectivity index (χ4v) is 6.64. The average Bonchev–Trinajstić information content (AvgIpc) is 2.59. The predicted octanol–water partition coefficient (Wildman–Crippen LogP) is 3.56. The molecule has 0 fully saturated rings. The third-order valence-corrected chi connectivity index (χ3v) is 7.88. The molecule has 0 amide bonds. The smallest absolute Gasteiger partial charge is 0.112 e. The Bertz CT molecular complexity index is 689. The fraction of sp³-hybridized carbons (Fsp3) is 0. The molecule has 0 aromatic heterocycles. The highest BCUT2D eigenvalue weighted by molar-refractivity contribution is 7.87. The number of hydrogen-bond donors (Lipinski definition) is 0. The Balaban J connectivity index is 2.38. The molecule has 3 aromatic carbocycles. The van der Waals surface area contributed by atoms with Crippen LogP contribution in [-0.2, 0) is 0 Å². The highest BCUT2D eigenvalue weighted by Gasteiger charge is 2.36. The van der Waals surface area contributed by atoms with E-state index in [4.69, 9.17) is 4.17 Å². The van der Waals surface area contributed by atoms with Gasteiger partial charge in [-0.15, -0.1) is 4.17 Å². The number of rotatable bonds is 3. The third kappa shape index (κ3) is 2.53. The van der Waals surface area contributed by atoms with Gasteiger partial charge in [0.1, 0.15) is 0 Å². The second kappa shape index (κ2) is 6.25. The van der Waals surface area contributed by atoms with Gasteiger partial charge in [0.25, 0.3) is 0 Å². The molecule has 21 heavy (non-hydrogen) atoms. The van der Waals surface area contributed by atoms with E-state index in [1.165, 1.54) is 15.9 Å². The maximum atomic E-state index is 4.75. The van der Waals surface area contributed by atoms with Crippen LogP contribution in [0.2, 0.25) is 0 Å². The topological polar surface area (TPSA) is 14.1 Å². The SMILES string of the molecule is P=[N+]=P(c1ccccc1)(c1ccccc1)c1ccccc1. The van der Waals surface area contributed by atoms with Crippen molar-refractivity contribution in [3.63, 3.8) is 0 Å². The summed E-state index contributed by atoms with van der Waals surface area (Å²) in [6, 6.07) is 31.6. The predicted molar refractivity (Wildman–Crippen MR) is 95.6 cm³/mol. The maximum absolute atomic E-state index is 4.75. The number of hydrogen-bond acceptors (Lipinski definition) is 0. The molecular weight excluding hydrogens is 292 g/mol. The first-order valence-electron chi connectivity index (χ1n) is 6.83. The third-order valence-electron chi connectivity index (χ3n) is 3.54. The molecule has 0 N–H and O–H groups in total. The van der Waals surface area contributed by atoms with Crippen LogP contribution in [0.15, 0.2) is 91.0 Å². The van der Waals surface area contributed by atoms with Crippen LogP contribution in [0.3, 0.4) is 0 Å². The molecule has 0 atom stereocenters. The van der Waals surface area contributed by atoms with Gasteiger partial charge in [-0.3, -0.25) is 0 Å². The molecule has 0 saturated heterocycles. The van der Waals surface area contributed by atoms with E-state index in [9.17, 15) is 0 Å². The maximum Gasteiger partial charge on any atom is 0.336 e. The van der Waals surface area contributed by atoms with Crippen molar-refractivity contribution >= 4 is 32.0 Å². The van der Waals surface area contributed by atoms with Gasteiger partial charge < -0.3 is 0 Å². The van der Waals surface area contributed by atoms with E-state index in [-0.39, 0.29) is 0 Å². The Morgan fingerprint density at radius 3 is 1.05 bits per heavy atom. The molecule has 3 heteroatoms. The summed E-state index contributed by atoms with van der Waals surface area (Å²) < 4.78 is 4.75. The molecule has 0 radical (unpaired) electrons. The van der Waals surface area contributed by atoms with Crippen molar-refractivity contribution in [1.82, 2.24) is 4.17 Å². The zero-order chi connectivity index (χ0) is 14.5. The molecule has 0 spiro atoms. The second-order valence-corrected chi connectivity index (χ2v) is 8.36. The lowest BCUT2D eigenvalue weighted by atomic mass is 10.4. The van der Waals surface area contributed by atoms with Gasteiger partial charge in [0.15, 0.2) is 0 Å². The largest absolute Gasteiger partial charge is 0.336 e. The van der Waals surface area contributed by atoms with E-state index in [1.54, 1.807) is 0 Å². The zero-order valence-corrected chi connectivity index (χ0v) is 13.4. The van der Waals surface area contributed by atoms with E-state index in [1.807, 2.05) is 18.2 Å². The molecule has 0 unspecified atom stereocenters. The minimum atomic E-state index is -2.00. The Hall–Kier alpha value is -1.90. The van der Waals surface area contributed by atoms with Crippen LogP contribution in [0.4, 0.5) is 0 Å². The molecule has 3 aromatic rings. The van der Waals surface area contributed by atoms with Gasteiger partial charge in [0, 0.05) is 0 Å². The number of nitrogens with zero attached hydrogens (tertiary/aromatic N) is 1. The van der Waals surface area contributed by atoms with Crippen molar-refractivity contribution in [1.29, 1.82) is 0 Å². The van der Waals surface area contributed by atoms with E-state index in [2.05, 4.69) is 81.8 Å². The van der Waals surface area contributed by atoms with Crippen molar-refractivity contribution in [3.05, 3.63) is 91.0 Å². The Labute approximate surface area is 127 Å². The highest BCUT2D eigenvalue weighted by Crippen LogP contribution is 2.41. The summed E-state index contributed by atoms with van der Waals surface area (Å²) in [5.74, 6) is 0. The molecule has 3 rings (SSSR count). The molecule has 0 aliphatic heterocycles. The van der Waals surface area contributed by atoms with Crippen LogP contribution in [0.25, 0.3) is 0 Å². The minimum absolute atomic E-state index is 1.25. The average molecular weight is 308 g/mol. The van der Waals surface area contributed by atoms with Crippen LogP contribution >= 0.6 is 16.1 Å². The molecule has 0 heterocycles. The Morgan fingerprint density at radius 1 is 0.524 bits per heavy atom. The zero-order valence-electron chi connectivity index (χ0n) is 11.6. The fourth-order valence-electron chi connectivity index (χ4n) is 2.55. The summed E-state index contributed by atoms with van der Waals surface area (Å²) in [5.41, 5.74) is 0. The van der Waals surface area contributed by atoms with Crippen LogP contribution in [0, 0.1) is 0 Å². The van der Waals surface area contributed by atoms with E-state index in [0.29, 0.717) is 0 Å². The van der Waals surface area contributed by atoms with Crippen LogP contribution in [-0.4, -0.2) is 0 Å². The van der Waals surface area contributed by atoms with E-state index in [0.717, 1.165) is 0 Å². The first-order chi connectivity index (χ1) is 10.4.